The van der Waals surface area contributed by atoms with E-state index >= 15 is 0 Å². The fraction of sp³-hybridized carbons (Fsp3) is 0.615. The molecular formula is C13H17F3N2. The molecule has 2 nitrogen and oxygen atoms in total. The Morgan fingerprint density at radius 2 is 2.17 bits per heavy atom. The second-order valence-electron chi connectivity index (χ2n) is 4.92. The van der Waals surface area contributed by atoms with E-state index in [0.717, 1.165) is 31.5 Å². The highest BCUT2D eigenvalue weighted by Crippen LogP contribution is 2.29. The molecule has 1 aromatic rings. The van der Waals surface area contributed by atoms with Crippen LogP contribution >= 0.6 is 0 Å². The van der Waals surface area contributed by atoms with Crippen LogP contribution in [0.5, 0.6) is 0 Å². The molecule has 1 N–H and O–H groups in total. The zero-order chi connectivity index (χ0) is 13.2. The molecule has 1 saturated heterocycles. The summed E-state index contributed by atoms with van der Waals surface area (Å²) in [7, 11) is 0. The molecule has 100 valence electrons. The highest BCUT2D eigenvalue weighted by atomic mass is 19.4. The van der Waals surface area contributed by atoms with E-state index in [-0.39, 0.29) is 0 Å². The number of rotatable bonds is 2. The Bertz CT molecular complexity index is 409. The molecule has 5 heteroatoms. The van der Waals surface area contributed by atoms with Gasteiger partial charge in [0.25, 0.3) is 0 Å². The molecule has 1 aromatic heterocycles. The van der Waals surface area contributed by atoms with Gasteiger partial charge in [-0.1, -0.05) is 0 Å². The zero-order valence-corrected chi connectivity index (χ0v) is 10.3. The van der Waals surface area contributed by atoms with Gasteiger partial charge in [0.05, 0.1) is 0 Å². The summed E-state index contributed by atoms with van der Waals surface area (Å²) in [5, 5.41) is 3.28. The molecule has 1 atom stereocenters. The van der Waals surface area contributed by atoms with E-state index in [9.17, 15) is 13.2 Å². The Labute approximate surface area is 105 Å². The summed E-state index contributed by atoms with van der Waals surface area (Å²) in [6, 6.07) is 2.94. The molecule has 2 heterocycles. The van der Waals surface area contributed by atoms with Crippen LogP contribution < -0.4 is 5.32 Å². The van der Waals surface area contributed by atoms with Crippen molar-refractivity contribution in [3.05, 3.63) is 29.1 Å². The van der Waals surface area contributed by atoms with Crippen LogP contribution in [-0.2, 0) is 12.6 Å². The fourth-order valence-electron chi connectivity index (χ4n) is 2.43. The maximum absolute atomic E-state index is 12.7. The van der Waals surface area contributed by atoms with Gasteiger partial charge in [0.1, 0.15) is 5.69 Å². The summed E-state index contributed by atoms with van der Waals surface area (Å²) >= 11 is 0. The molecule has 0 aromatic carbocycles. The lowest BCUT2D eigenvalue weighted by Crippen LogP contribution is -2.30. The average molecular weight is 258 g/mol. The van der Waals surface area contributed by atoms with E-state index in [1.54, 1.807) is 13.0 Å². The number of nitrogens with one attached hydrogen (secondary N) is 1. The van der Waals surface area contributed by atoms with E-state index in [1.165, 1.54) is 6.07 Å². The Balaban J connectivity index is 2.14. The van der Waals surface area contributed by atoms with Crippen molar-refractivity contribution in [3.63, 3.8) is 0 Å². The maximum atomic E-state index is 12.7. The number of hydrogen-bond acceptors (Lipinski definition) is 2. The smallest absolute Gasteiger partial charge is 0.316 e. The second kappa shape index (κ2) is 5.26. The summed E-state index contributed by atoms with van der Waals surface area (Å²) < 4.78 is 38.0. The van der Waals surface area contributed by atoms with Gasteiger partial charge >= 0.3 is 6.18 Å². The number of aromatic nitrogens is 1. The highest BCUT2D eigenvalue weighted by Gasteiger charge is 2.33. The lowest BCUT2D eigenvalue weighted by Gasteiger charge is -2.23. The normalized spacial score (nSPS) is 21.0. The van der Waals surface area contributed by atoms with Crippen LogP contribution in [-0.4, -0.2) is 18.1 Å². The van der Waals surface area contributed by atoms with Crippen molar-refractivity contribution in [1.29, 1.82) is 0 Å². The molecule has 0 bridgehead atoms. The summed E-state index contributed by atoms with van der Waals surface area (Å²) in [5.74, 6) is 0.432. The Kier molecular flexibility index (Phi) is 3.90. The Hall–Kier alpha value is -1.10. The van der Waals surface area contributed by atoms with E-state index < -0.39 is 11.9 Å². The van der Waals surface area contributed by atoms with Gasteiger partial charge in [-0.15, -0.1) is 0 Å². The third kappa shape index (κ3) is 3.45. The summed E-state index contributed by atoms with van der Waals surface area (Å²) in [6.07, 6.45) is -1.48. The minimum absolute atomic E-state index is 0.432. The monoisotopic (exact) mass is 258 g/mol. The zero-order valence-electron chi connectivity index (χ0n) is 10.3. The van der Waals surface area contributed by atoms with Crippen LogP contribution in [0.2, 0.25) is 0 Å². The van der Waals surface area contributed by atoms with Gasteiger partial charge in [-0.05, 0) is 62.9 Å². The molecule has 0 spiro atoms. The summed E-state index contributed by atoms with van der Waals surface area (Å²) in [5.41, 5.74) is 0.397. The fourth-order valence-corrected chi connectivity index (χ4v) is 2.43. The van der Waals surface area contributed by atoms with Crippen molar-refractivity contribution in [1.82, 2.24) is 10.3 Å². The first-order valence-corrected chi connectivity index (χ1v) is 6.20. The van der Waals surface area contributed by atoms with E-state index in [4.69, 9.17) is 0 Å². The predicted octanol–water partition coefficient (Wildman–Crippen LogP) is 2.95. The molecule has 0 aliphatic carbocycles. The number of piperidine rings is 1. The van der Waals surface area contributed by atoms with E-state index in [2.05, 4.69) is 10.3 Å². The first-order valence-electron chi connectivity index (χ1n) is 6.20. The Morgan fingerprint density at radius 1 is 1.39 bits per heavy atom. The van der Waals surface area contributed by atoms with Crippen LogP contribution in [0.3, 0.4) is 0 Å². The van der Waals surface area contributed by atoms with Gasteiger partial charge in [-0.3, -0.25) is 0 Å². The van der Waals surface area contributed by atoms with Gasteiger partial charge in [0.2, 0.25) is 0 Å². The number of aryl methyl sites for hydroxylation is 1. The Morgan fingerprint density at radius 3 is 2.78 bits per heavy atom. The molecule has 1 unspecified atom stereocenters. The summed E-state index contributed by atoms with van der Waals surface area (Å²) in [4.78, 5) is 3.56. The van der Waals surface area contributed by atoms with Crippen molar-refractivity contribution in [2.45, 2.75) is 32.4 Å². The number of hydrogen-bond donors (Lipinski definition) is 1. The van der Waals surface area contributed by atoms with Crippen molar-refractivity contribution < 1.29 is 13.2 Å². The third-order valence-electron chi connectivity index (χ3n) is 3.23. The molecule has 1 fully saturated rings. The molecule has 0 saturated carbocycles. The van der Waals surface area contributed by atoms with Crippen LogP contribution in [0.1, 0.15) is 29.8 Å². The second-order valence-corrected chi connectivity index (χ2v) is 4.92. The minimum Gasteiger partial charge on any atom is -0.316 e. The van der Waals surface area contributed by atoms with Crippen LogP contribution in [0, 0.1) is 12.8 Å². The SMILES string of the molecule is Cc1cc(CC2CCCNC2)cc(C(F)(F)F)n1. The molecule has 1 aliphatic heterocycles. The van der Waals surface area contributed by atoms with Crippen LogP contribution in [0.15, 0.2) is 12.1 Å². The number of halogens is 3. The van der Waals surface area contributed by atoms with E-state index in [0.29, 0.717) is 18.0 Å². The molecular weight excluding hydrogens is 241 g/mol. The van der Waals surface area contributed by atoms with Crippen LogP contribution in [0.25, 0.3) is 0 Å². The number of pyridine rings is 1. The maximum Gasteiger partial charge on any atom is 0.433 e. The standard InChI is InChI=1S/C13H17F3N2/c1-9-5-11(6-10-3-2-4-17-8-10)7-12(18-9)13(14,15)16/h5,7,10,17H,2-4,6,8H2,1H3. The first-order chi connectivity index (χ1) is 8.45. The topological polar surface area (TPSA) is 24.9 Å². The van der Waals surface area contributed by atoms with Gasteiger partial charge in [-0.25, -0.2) is 4.98 Å². The van der Waals surface area contributed by atoms with Crippen molar-refractivity contribution in [3.8, 4) is 0 Å². The van der Waals surface area contributed by atoms with E-state index in [1.807, 2.05) is 0 Å². The van der Waals surface area contributed by atoms with Crippen molar-refractivity contribution in [2.75, 3.05) is 13.1 Å². The molecule has 0 amide bonds. The van der Waals surface area contributed by atoms with Crippen LogP contribution in [0.4, 0.5) is 13.2 Å². The lowest BCUT2D eigenvalue weighted by molar-refractivity contribution is -0.141. The number of alkyl halides is 3. The van der Waals surface area contributed by atoms with Gasteiger partial charge in [-0.2, -0.15) is 13.2 Å². The predicted molar refractivity (Wildman–Crippen MR) is 63.3 cm³/mol. The largest absolute Gasteiger partial charge is 0.433 e. The minimum atomic E-state index is -4.36. The third-order valence-corrected chi connectivity index (χ3v) is 3.23. The number of nitrogens with zero attached hydrogens (tertiary/aromatic N) is 1. The van der Waals surface area contributed by atoms with Gasteiger partial charge < -0.3 is 5.32 Å². The van der Waals surface area contributed by atoms with Crippen molar-refractivity contribution >= 4 is 0 Å². The van der Waals surface area contributed by atoms with Gasteiger partial charge in [0.15, 0.2) is 0 Å². The molecule has 18 heavy (non-hydrogen) atoms. The lowest BCUT2D eigenvalue weighted by atomic mass is 9.92. The first kappa shape index (κ1) is 13.3. The highest BCUT2D eigenvalue weighted by molar-refractivity contribution is 5.23. The van der Waals surface area contributed by atoms with Gasteiger partial charge in [0, 0.05) is 5.69 Å². The molecule has 0 radical (unpaired) electrons. The summed E-state index contributed by atoms with van der Waals surface area (Å²) in [6.45, 7) is 3.51. The molecule has 1 aliphatic rings. The van der Waals surface area contributed by atoms with Crippen molar-refractivity contribution in [2.24, 2.45) is 5.92 Å². The average Bonchev–Trinajstić information content (AvgIpc) is 2.28. The molecule has 2 rings (SSSR count). The quantitative estimate of drug-likeness (QED) is 0.882.